The van der Waals surface area contributed by atoms with E-state index in [4.69, 9.17) is 4.74 Å². The zero-order chi connectivity index (χ0) is 17.9. The van der Waals surface area contributed by atoms with Gasteiger partial charge in [0.05, 0.1) is 25.2 Å². The van der Waals surface area contributed by atoms with Crippen LogP contribution in [0.3, 0.4) is 0 Å². The largest absolute Gasteiger partial charge is 0.375 e. The fraction of sp³-hybridized carbons (Fsp3) is 0.353. The molecule has 0 aromatic carbocycles. The third kappa shape index (κ3) is 3.33. The summed E-state index contributed by atoms with van der Waals surface area (Å²) in [6, 6.07) is 3.25. The molecule has 9 heteroatoms. The van der Waals surface area contributed by atoms with Crippen LogP contribution in [0.25, 0.3) is 5.65 Å². The molecule has 1 saturated heterocycles. The van der Waals surface area contributed by atoms with Crippen molar-refractivity contribution in [3.8, 4) is 0 Å². The van der Waals surface area contributed by atoms with Gasteiger partial charge in [-0.2, -0.15) is 5.10 Å². The molecular formula is C17H18N6O3. The Hall–Kier alpha value is -3.07. The maximum absolute atomic E-state index is 12.9. The first kappa shape index (κ1) is 16.4. The molecule has 1 fully saturated rings. The molecule has 26 heavy (non-hydrogen) atoms. The number of hydrogen-bond donors (Lipinski definition) is 1. The normalized spacial score (nSPS) is 17.5. The Kier molecular flexibility index (Phi) is 4.44. The monoisotopic (exact) mass is 354 g/mol. The predicted molar refractivity (Wildman–Crippen MR) is 91.8 cm³/mol. The molecule has 3 aromatic rings. The van der Waals surface area contributed by atoms with Gasteiger partial charge >= 0.3 is 0 Å². The smallest absolute Gasteiger partial charge is 0.259 e. The number of morpholine rings is 1. The summed E-state index contributed by atoms with van der Waals surface area (Å²) < 4.78 is 7.36. The zero-order valence-electron chi connectivity index (χ0n) is 14.0. The van der Waals surface area contributed by atoms with Gasteiger partial charge in [0.1, 0.15) is 5.56 Å². The van der Waals surface area contributed by atoms with Gasteiger partial charge in [-0.25, -0.2) is 14.5 Å². The van der Waals surface area contributed by atoms with Crippen LogP contribution in [-0.2, 0) is 11.2 Å². The summed E-state index contributed by atoms with van der Waals surface area (Å²) in [6.45, 7) is 1.50. The van der Waals surface area contributed by atoms with Gasteiger partial charge in [0.2, 0.25) is 0 Å². The average molecular weight is 354 g/mol. The van der Waals surface area contributed by atoms with Crippen LogP contribution in [0.4, 0.5) is 0 Å². The van der Waals surface area contributed by atoms with Crippen molar-refractivity contribution in [2.75, 3.05) is 19.7 Å². The number of rotatable bonds is 4. The lowest BCUT2D eigenvalue weighted by Crippen LogP contribution is -2.45. The molecule has 1 amide bonds. The van der Waals surface area contributed by atoms with Crippen LogP contribution in [0.5, 0.6) is 0 Å². The standard InChI is InChI=1S/C17H18N6O3/c24-15-8-12(19-11-20-15)2-3-13-10-22(6-7-26-13)17(25)14-9-21-23-5-1-4-18-16(14)23/h1,4-5,8-9,11,13H,2-3,6-7,10H2,(H,19,20,24)/t13-/m1/s1. The Balaban J connectivity index is 1.43. The van der Waals surface area contributed by atoms with Crippen molar-refractivity contribution in [1.82, 2.24) is 29.5 Å². The summed E-state index contributed by atoms with van der Waals surface area (Å²) >= 11 is 0. The van der Waals surface area contributed by atoms with Gasteiger partial charge in [0, 0.05) is 37.2 Å². The van der Waals surface area contributed by atoms with Crippen molar-refractivity contribution < 1.29 is 9.53 Å². The molecule has 134 valence electrons. The molecule has 0 saturated carbocycles. The number of ether oxygens (including phenoxy) is 1. The Morgan fingerprint density at radius 1 is 1.38 bits per heavy atom. The van der Waals surface area contributed by atoms with Gasteiger partial charge in [-0.1, -0.05) is 0 Å². The number of aromatic nitrogens is 5. The van der Waals surface area contributed by atoms with Crippen LogP contribution < -0.4 is 5.56 Å². The van der Waals surface area contributed by atoms with Crippen molar-refractivity contribution in [3.63, 3.8) is 0 Å². The van der Waals surface area contributed by atoms with Gasteiger partial charge < -0.3 is 14.6 Å². The third-order valence-corrected chi connectivity index (χ3v) is 4.39. The minimum Gasteiger partial charge on any atom is -0.375 e. The van der Waals surface area contributed by atoms with E-state index in [1.54, 1.807) is 34.1 Å². The summed E-state index contributed by atoms with van der Waals surface area (Å²) in [5.74, 6) is -0.0960. The van der Waals surface area contributed by atoms with Crippen molar-refractivity contribution >= 4 is 11.6 Å². The van der Waals surface area contributed by atoms with E-state index in [0.717, 1.165) is 0 Å². The highest BCUT2D eigenvalue weighted by Gasteiger charge is 2.27. The van der Waals surface area contributed by atoms with E-state index in [9.17, 15) is 9.59 Å². The Labute approximate surface area is 148 Å². The number of aromatic amines is 1. The fourth-order valence-electron chi connectivity index (χ4n) is 3.08. The highest BCUT2D eigenvalue weighted by atomic mass is 16.5. The Bertz CT molecular complexity index is 982. The van der Waals surface area contributed by atoms with Gasteiger partial charge in [-0.3, -0.25) is 9.59 Å². The first-order valence-electron chi connectivity index (χ1n) is 8.43. The van der Waals surface area contributed by atoms with E-state index in [0.29, 0.717) is 49.4 Å². The van der Waals surface area contributed by atoms with Crippen molar-refractivity contribution in [3.05, 3.63) is 58.7 Å². The highest BCUT2D eigenvalue weighted by Crippen LogP contribution is 2.16. The number of carbonyl (C=O) groups excluding carboxylic acids is 1. The molecule has 1 N–H and O–H groups in total. The van der Waals surface area contributed by atoms with Crippen molar-refractivity contribution in [1.29, 1.82) is 0 Å². The number of H-pyrrole nitrogens is 1. The van der Waals surface area contributed by atoms with E-state index in [1.807, 2.05) is 0 Å². The molecule has 0 spiro atoms. The molecule has 0 radical (unpaired) electrons. The lowest BCUT2D eigenvalue weighted by atomic mass is 10.1. The second kappa shape index (κ2) is 7.04. The fourth-order valence-corrected chi connectivity index (χ4v) is 3.08. The Morgan fingerprint density at radius 2 is 2.31 bits per heavy atom. The van der Waals surface area contributed by atoms with Crippen molar-refractivity contribution in [2.24, 2.45) is 0 Å². The lowest BCUT2D eigenvalue weighted by Gasteiger charge is -2.32. The molecule has 0 unspecified atom stereocenters. The minimum atomic E-state index is -0.169. The molecule has 3 aromatic heterocycles. The number of nitrogens with zero attached hydrogens (tertiary/aromatic N) is 5. The molecule has 0 bridgehead atoms. The second-order valence-electron chi connectivity index (χ2n) is 6.13. The SMILES string of the molecule is O=C(c1cnn2cccnc12)N1CCO[C@H](CCc2cc(=O)[nH]cn2)C1. The van der Waals surface area contributed by atoms with E-state index in [-0.39, 0.29) is 17.6 Å². The summed E-state index contributed by atoms with van der Waals surface area (Å²) in [4.78, 5) is 36.8. The first-order valence-corrected chi connectivity index (χ1v) is 8.43. The third-order valence-electron chi connectivity index (χ3n) is 4.39. The van der Waals surface area contributed by atoms with Crippen LogP contribution >= 0.6 is 0 Å². The van der Waals surface area contributed by atoms with Crippen LogP contribution in [-0.4, -0.2) is 61.2 Å². The molecule has 1 aliphatic heterocycles. The van der Waals surface area contributed by atoms with E-state index >= 15 is 0 Å². The number of amides is 1. The maximum atomic E-state index is 12.9. The molecule has 1 atom stereocenters. The zero-order valence-corrected chi connectivity index (χ0v) is 14.0. The van der Waals surface area contributed by atoms with Gasteiger partial charge in [0.25, 0.3) is 11.5 Å². The van der Waals surface area contributed by atoms with Crippen LogP contribution in [0.1, 0.15) is 22.5 Å². The predicted octanol–water partition coefficient (Wildman–Crippen LogP) is 0.286. The van der Waals surface area contributed by atoms with E-state index < -0.39 is 0 Å². The molecule has 9 nitrogen and oxygen atoms in total. The van der Waals surface area contributed by atoms with Gasteiger partial charge in [-0.15, -0.1) is 0 Å². The lowest BCUT2D eigenvalue weighted by molar-refractivity contribution is -0.0246. The quantitative estimate of drug-likeness (QED) is 0.722. The molecule has 1 aliphatic rings. The summed E-state index contributed by atoms with van der Waals surface area (Å²) in [7, 11) is 0. The number of nitrogens with one attached hydrogen (secondary N) is 1. The molecule has 4 rings (SSSR count). The Morgan fingerprint density at radius 3 is 3.19 bits per heavy atom. The van der Waals surface area contributed by atoms with E-state index in [2.05, 4.69) is 20.1 Å². The number of aryl methyl sites for hydroxylation is 1. The van der Waals surface area contributed by atoms with Crippen LogP contribution in [0.2, 0.25) is 0 Å². The molecule has 4 heterocycles. The maximum Gasteiger partial charge on any atom is 0.259 e. The summed E-state index contributed by atoms with van der Waals surface area (Å²) in [5.41, 5.74) is 1.58. The van der Waals surface area contributed by atoms with Gasteiger partial charge in [0.15, 0.2) is 5.65 Å². The van der Waals surface area contributed by atoms with Gasteiger partial charge in [-0.05, 0) is 18.9 Å². The summed E-state index contributed by atoms with van der Waals surface area (Å²) in [5, 5.41) is 4.17. The highest BCUT2D eigenvalue weighted by molar-refractivity contribution is 5.99. The van der Waals surface area contributed by atoms with Crippen molar-refractivity contribution in [2.45, 2.75) is 18.9 Å². The number of fused-ring (bicyclic) bond motifs is 1. The van der Waals surface area contributed by atoms with Crippen LogP contribution in [0.15, 0.2) is 41.8 Å². The second-order valence-corrected chi connectivity index (χ2v) is 6.13. The number of hydrogen-bond acceptors (Lipinski definition) is 6. The topological polar surface area (TPSA) is 105 Å². The van der Waals surface area contributed by atoms with Crippen LogP contribution in [0, 0.1) is 0 Å². The molecular weight excluding hydrogens is 336 g/mol. The summed E-state index contributed by atoms with van der Waals surface area (Å²) in [6.07, 6.45) is 7.56. The first-order chi connectivity index (χ1) is 12.7. The average Bonchev–Trinajstić information content (AvgIpc) is 3.10. The molecule has 0 aliphatic carbocycles. The number of carbonyl (C=O) groups is 1. The van der Waals surface area contributed by atoms with E-state index in [1.165, 1.54) is 12.4 Å². The minimum absolute atomic E-state index is 0.0939.